The number of rotatable bonds is 2. The molecule has 0 N–H and O–H groups in total. The maximum absolute atomic E-state index is 13.9. The predicted molar refractivity (Wildman–Crippen MR) is 96.2 cm³/mol. The zero-order valence-corrected chi connectivity index (χ0v) is 14.4. The molecule has 0 atom stereocenters. The minimum absolute atomic E-state index is 0.153. The molecular formula is C22H20F2. The van der Waals surface area contributed by atoms with E-state index in [9.17, 15) is 8.78 Å². The van der Waals surface area contributed by atoms with Crippen molar-refractivity contribution in [3.63, 3.8) is 0 Å². The predicted octanol–water partition coefficient (Wildman–Crippen LogP) is 6.53. The average Bonchev–Trinajstić information content (AvgIpc) is 2.56. The number of benzene rings is 3. The van der Waals surface area contributed by atoms with Gasteiger partial charge in [0, 0.05) is 0 Å². The first kappa shape index (κ1) is 16.4. The van der Waals surface area contributed by atoms with Gasteiger partial charge < -0.3 is 0 Å². The Morgan fingerprint density at radius 2 is 0.833 bits per heavy atom. The van der Waals surface area contributed by atoms with Gasteiger partial charge in [0.15, 0.2) is 0 Å². The quantitative estimate of drug-likeness (QED) is 0.503. The summed E-state index contributed by atoms with van der Waals surface area (Å²) >= 11 is 0. The second kappa shape index (κ2) is 6.20. The highest BCUT2D eigenvalue weighted by Gasteiger charge is 2.09. The fourth-order valence-corrected chi connectivity index (χ4v) is 3.10. The second-order valence-corrected chi connectivity index (χ2v) is 6.43. The third kappa shape index (κ3) is 2.96. The van der Waals surface area contributed by atoms with Gasteiger partial charge in [-0.2, -0.15) is 0 Å². The molecule has 0 spiro atoms. The van der Waals surface area contributed by atoms with Gasteiger partial charge in [-0.1, -0.05) is 18.2 Å². The summed E-state index contributed by atoms with van der Waals surface area (Å²) in [6.45, 7) is 7.12. The summed E-state index contributed by atoms with van der Waals surface area (Å²) in [5.74, 6) is -0.306. The van der Waals surface area contributed by atoms with Crippen molar-refractivity contribution in [2.45, 2.75) is 27.7 Å². The van der Waals surface area contributed by atoms with Gasteiger partial charge in [0.1, 0.15) is 11.6 Å². The van der Waals surface area contributed by atoms with E-state index in [1.54, 1.807) is 27.7 Å². The van der Waals surface area contributed by atoms with E-state index in [4.69, 9.17) is 0 Å². The second-order valence-electron chi connectivity index (χ2n) is 6.43. The molecular weight excluding hydrogens is 302 g/mol. The van der Waals surface area contributed by atoms with Crippen LogP contribution in [0, 0.1) is 39.3 Å². The van der Waals surface area contributed by atoms with Crippen LogP contribution in [0.25, 0.3) is 22.3 Å². The average molecular weight is 322 g/mol. The molecule has 122 valence electrons. The smallest absolute Gasteiger partial charge is 0.129 e. The summed E-state index contributed by atoms with van der Waals surface area (Å²) in [6.07, 6.45) is 0. The third-order valence-corrected chi connectivity index (χ3v) is 4.40. The highest BCUT2D eigenvalue weighted by Crippen LogP contribution is 2.30. The Kier molecular flexibility index (Phi) is 4.23. The number of hydrogen-bond donors (Lipinski definition) is 0. The monoisotopic (exact) mass is 322 g/mol. The van der Waals surface area contributed by atoms with Gasteiger partial charge in [0.05, 0.1) is 0 Å². The highest BCUT2D eigenvalue weighted by atomic mass is 19.1. The Hall–Kier alpha value is -2.48. The van der Waals surface area contributed by atoms with Crippen LogP contribution in [0.15, 0.2) is 48.5 Å². The van der Waals surface area contributed by atoms with Gasteiger partial charge in [-0.3, -0.25) is 0 Å². The summed E-state index contributed by atoms with van der Waals surface area (Å²) in [6, 6.07) is 15.5. The zero-order chi connectivity index (χ0) is 17.4. The van der Waals surface area contributed by atoms with Gasteiger partial charge >= 0.3 is 0 Å². The molecule has 0 bridgehead atoms. The van der Waals surface area contributed by atoms with Crippen molar-refractivity contribution in [3.05, 3.63) is 82.4 Å². The molecule has 0 heterocycles. The maximum Gasteiger partial charge on any atom is 0.129 e. The van der Waals surface area contributed by atoms with E-state index >= 15 is 0 Å². The van der Waals surface area contributed by atoms with E-state index in [-0.39, 0.29) is 11.6 Å². The Morgan fingerprint density at radius 1 is 0.500 bits per heavy atom. The molecule has 0 aliphatic rings. The van der Waals surface area contributed by atoms with E-state index in [1.807, 2.05) is 42.5 Å². The lowest BCUT2D eigenvalue weighted by Gasteiger charge is -2.11. The van der Waals surface area contributed by atoms with Crippen LogP contribution in [0.5, 0.6) is 0 Å². The van der Waals surface area contributed by atoms with Crippen LogP contribution in [0.3, 0.4) is 0 Å². The largest absolute Gasteiger partial charge is 0.206 e. The standard InChI is InChI=1S/C22H20F2/c1-13-8-19(9-14(2)21(13)23)17-6-5-7-18(12-17)20-10-15(3)22(24)16(4)11-20/h5-12H,1-4H3. The SMILES string of the molecule is Cc1cc(-c2cccc(-c3cc(C)c(F)c(C)c3)c2)cc(C)c1F. The molecule has 3 rings (SSSR count). The van der Waals surface area contributed by atoms with Crippen molar-refractivity contribution >= 4 is 0 Å². The molecule has 0 amide bonds. The van der Waals surface area contributed by atoms with Crippen molar-refractivity contribution in [3.8, 4) is 22.3 Å². The van der Waals surface area contributed by atoms with Crippen LogP contribution < -0.4 is 0 Å². The van der Waals surface area contributed by atoms with E-state index in [0.717, 1.165) is 22.3 Å². The van der Waals surface area contributed by atoms with E-state index in [1.165, 1.54) is 0 Å². The summed E-state index contributed by atoms with van der Waals surface area (Å²) in [5.41, 5.74) is 6.60. The normalized spacial score (nSPS) is 10.9. The Bertz CT molecular complexity index is 804. The van der Waals surface area contributed by atoms with E-state index < -0.39 is 0 Å². The first-order chi connectivity index (χ1) is 11.4. The highest BCUT2D eigenvalue weighted by molar-refractivity contribution is 5.74. The number of halogens is 2. The summed E-state index contributed by atoms with van der Waals surface area (Å²) in [7, 11) is 0. The molecule has 0 saturated carbocycles. The van der Waals surface area contributed by atoms with Crippen LogP contribution >= 0.6 is 0 Å². The molecule has 0 fully saturated rings. The molecule has 0 radical (unpaired) electrons. The van der Waals surface area contributed by atoms with Gasteiger partial charge in [0.25, 0.3) is 0 Å². The van der Waals surface area contributed by atoms with Gasteiger partial charge in [-0.25, -0.2) is 8.78 Å². The fraction of sp³-hybridized carbons (Fsp3) is 0.182. The zero-order valence-electron chi connectivity index (χ0n) is 14.4. The topological polar surface area (TPSA) is 0 Å². The molecule has 0 nitrogen and oxygen atoms in total. The summed E-state index contributed by atoms with van der Waals surface area (Å²) in [4.78, 5) is 0. The maximum atomic E-state index is 13.9. The van der Waals surface area contributed by atoms with Crippen LogP contribution in [0.4, 0.5) is 8.78 Å². The van der Waals surface area contributed by atoms with E-state index in [2.05, 4.69) is 6.07 Å². The van der Waals surface area contributed by atoms with Gasteiger partial charge in [-0.15, -0.1) is 0 Å². The van der Waals surface area contributed by atoms with Gasteiger partial charge in [-0.05, 0) is 103 Å². The Labute approximate surface area is 141 Å². The molecule has 0 aliphatic carbocycles. The minimum Gasteiger partial charge on any atom is -0.206 e. The number of hydrogen-bond acceptors (Lipinski definition) is 0. The third-order valence-electron chi connectivity index (χ3n) is 4.40. The first-order valence-electron chi connectivity index (χ1n) is 8.01. The van der Waals surface area contributed by atoms with Crippen LogP contribution in [0.2, 0.25) is 0 Å². The lowest BCUT2D eigenvalue weighted by Crippen LogP contribution is -1.91. The lowest BCUT2D eigenvalue weighted by molar-refractivity contribution is 0.609. The molecule has 0 aliphatic heterocycles. The molecule has 3 aromatic carbocycles. The summed E-state index contributed by atoms with van der Waals surface area (Å²) in [5, 5.41) is 0. The lowest BCUT2D eigenvalue weighted by atomic mass is 9.95. The van der Waals surface area contributed by atoms with Crippen molar-refractivity contribution in [1.29, 1.82) is 0 Å². The molecule has 0 unspecified atom stereocenters. The molecule has 3 aromatic rings. The minimum atomic E-state index is -0.153. The molecule has 0 saturated heterocycles. The fourth-order valence-electron chi connectivity index (χ4n) is 3.10. The van der Waals surface area contributed by atoms with Crippen LogP contribution in [-0.4, -0.2) is 0 Å². The van der Waals surface area contributed by atoms with Crippen molar-refractivity contribution in [2.24, 2.45) is 0 Å². The first-order valence-corrected chi connectivity index (χ1v) is 8.01. The molecule has 0 aromatic heterocycles. The molecule has 24 heavy (non-hydrogen) atoms. The van der Waals surface area contributed by atoms with E-state index in [0.29, 0.717) is 22.3 Å². The number of aryl methyl sites for hydroxylation is 4. The molecule has 2 heteroatoms. The van der Waals surface area contributed by atoms with Crippen molar-refractivity contribution in [2.75, 3.05) is 0 Å². The van der Waals surface area contributed by atoms with Crippen LogP contribution in [-0.2, 0) is 0 Å². The summed E-state index contributed by atoms with van der Waals surface area (Å²) < 4.78 is 27.7. The van der Waals surface area contributed by atoms with Crippen molar-refractivity contribution < 1.29 is 8.78 Å². The van der Waals surface area contributed by atoms with Crippen LogP contribution in [0.1, 0.15) is 22.3 Å². The Morgan fingerprint density at radius 3 is 1.17 bits per heavy atom. The van der Waals surface area contributed by atoms with Gasteiger partial charge in [0.2, 0.25) is 0 Å². The van der Waals surface area contributed by atoms with Crippen molar-refractivity contribution in [1.82, 2.24) is 0 Å². The Balaban J connectivity index is 2.10.